The van der Waals surface area contributed by atoms with E-state index in [1.54, 1.807) is 23.9 Å². The van der Waals surface area contributed by atoms with Crippen molar-refractivity contribution in [3.05, 3.63) is 34.5 Å². The van der Waals surface area contributed by atoms with Crippen LogP contribution in [0.1, 0.15) is 12.5 Å². The molecular formula is C13H17N7O3. The second kappa shape index (κ2) is 5.99. The fraction of sp³-hybridized carbons (Fsp3) is 0.385. The Morgan fingerprint density at radius 2 is 2.17 bits per heavy atom. The summed E-state index contributed by atoms with van der Waals surface area (Å²) >= 11 is 0. The summed E-state index contributed by atoms with van der Waals surface area (Å²) in [5, 5.41) is 12.3. The number of nitrogens with zero attached hydrogens (tertiary/aromatic N) is 6. The van der Waals surface area contributed by atoms with Crippen molar-refractivity contribution in [2.45, 2.75) is 13.5 Å². The van der Waals surface area contributed by atoms with Crippen molar-refractivity contribution in [2.24, 2.45) is 14.1 Å². The molecule has 0 unspecified atom stereocenters. The maximum atomic E-state index is 12.1. The van der Waals surface area contributed by atoms with E-state index in [-0.39, 0.29) is 12.3 Å². The SMILES string of the molecule is [3H]n1ccc(OCc2c(-n3nnn(C)c3=O)cn(C)c2OCC)n1. The molecule has 3 aromatic heterocycles. The number of hydrogen-bond donors (Lipinski definition) is 1. The van der Waals surface area contributed by atoms with Crippen molar-refractivity contribution >= 4 is 0 Å². The number of aromatic nitrogens is 7. The van der Waals surface area contributed by atoms with Crippen LogP contribution in [0.25, 0.3) is 5.69 Å². The fourth-order valence-electron chi connectivity index (χ4n) is 2.19. The molecule has 0 aliphatic heterocycles. The molecule has 1 N–H and O–H groups in total. The zero-order valence-electron chi connectivity index (χ0n) is 14.0. The third-order valence-corrected chi connectivity index (χ3v) is 3.24. The molecule has 10 nitrogen and oxygen atoms in total. The van der Waals surface area contributed by atoms with E-state index in [0.29, 0.717) is 29.6 Å². The van der Waals surface area contributed by atoms with Crippen LogP contribution < -0.4 is 15.2 Å². The van der Waals surface area contributed by atoms with Gasteiger partial charge in [-0.05, 0) is 17.4 Å². The van der Waals surface area contributed by atoms with E-state index in [4.69, 9.17) is 10.9 Å². The van der Waals surface area contributed by atoms with E-state index in [9.17, 15) is 4.79 Å². The minimum Gasteiger partial charge on any atom is -0.479 e. The molecule has 0 bridgehead atoms. The van der Waals surface area contributed by atoms with Gasteiger partial charge >= 0.3 is 5.69 Å². The predicted molar refractivity (Wildman–Crippen MR) is 79.7 cm³/mol. The minimum absolute atomic E-state index is 0.103. The lowest BCUT2D eigenvalue weighted by molar-refractivity contribution is 0.270. The van der Waals surface area contributed by atoms with Gasteiger partial charge in [0.05, 0.1) is 12.2 Å². The molecule has 23 heavy (non-hydrogen) atoms. The van der Waals surface area contributed by atoms with Gasteiger partial charge < -0.3 is 14.0 Å². The summed E-state index contributed by atoms with van der Waals surface area (Å²) in [6, 6.07) is 1.57. The largest absolute Gasteiger partial charge is 0.479 e. The maximum Gasteiger partial charge on any atom is 0.368 e. The molecule has 3 rings (SSSR count). The maximum absolute atomic E-state index is 12.1. The quantitative estimate of drug-likeness (QED) is 0.685. The van der Waals surface area contributed by atoms with E-state index in [2.05, 4.69) is 15.5 Å². The Labute approximate surface area is 132 Å². The first-order valence-corrected chi connectivity index (χ1v) is 6.99. The first-order chi connectivity index (χ1) is 11.5. The van der Waals surface area contributed by atoms with Crippen molar-refractivity contribution in [2.75, 3.05) is 6.61 Å². The standard InChI is InChI=1S/C13H17N7O3/c1-4-22-12-9(8-23-11-5-6-14-15-11)10(7-18(12)2)20-13(21)19(3)16-17-20/h5-7H,4,8H2,1-3H3,(H,14,15)/i/hT. The van der Waals surface area contributed by atoms with Crippen LogP contribution in [-0.4, -0.2) is 41.2 Å². The van der Waals surface area contributed by atoms with Gasteiger partial charge in [0.25, 0.3) is 0 Å². The number of ether oxygens (including phenoxy) is 2. The monoisotopic (exact) mass is 321 g/mol. The molecule has 3 heterocycles. The van der Waals surface area contributed by atoms with Gasteiger partial charge in [0, 0.05) is 32.6 Å². The zero-order chi connectivity index (χ0) is 17.3. The van der Waals surface area contributed by atoms with Crippen LogP contribution >= 0.6 is 0 Å². The Morgan fingerprint density at radius 3 is 2.78 bits per heavy atom. The Morgan fingerprint density at radius 1 is 1.35 bits per heavy atom. The molecular weight excluding hydrogens is 302 g/mol. The lowest BCUT2D eigenvalue weighted by atomic mass is 10.3. The summed E-state index contributed by atoms with van der Waals surface area (Å²) in [4.78, 5) is 12.1. The number of tetrazole rings is 1. The second-order valence-electron chi connectivity index (χ2n) is 4.80. The number of H-pyrrole nitrogens is 1. The van der Waals surface area contributed by atoms with Gasteiger partial charge in [-0.3, -0.25) is 5.09 Å². The van der Waals surface area contributed by atoms with E-state index < -0.39 is 0 Å². The van der Waals surface area contributed by atoms with Crippen molar-refractivity contribution in [3.63, 3.8) is 0 Å². The Balaban J connectivity index is 2.00. The molecule has 3 aromatic rings. The van der Waals surface area contributed by atoms with Crippen LogP contribution in [-0.2, 0) is 20.7 Å². The number of aryl methyl sites for hydroxylation is 2. The molecule has 0 aliphatic rings. The van der Waals surface area contributed by atoms with Gasteiger partial charge in [-0.25, -0.2) is 4.79 Å². The van der Waals surface area contributed by atoms with Gasteiger partial charge in [0.15, 0.2) is 1.41 Å². The van der Waals surface area contributed by atoms with Crippen molar-refractivity contribution in [1.82, 2.24) is 34.5 Å². The first-order valence-electron chi connectivity index (χ1n) is 7.44. The van der Waals surface area contributed by atoms with Crippen LogP contribution in [0, 0.1) is 0 Å². The van der Waals surface area contributed by atoms with Gasteiger partial charge in [0.2, 0.25) is 11.8 Å². The molecule has 0 fully saturated rings. The van der Waals surface area contributed by atoms with Gasteiger partial charge in [-0.2, -0.15) is 9.36 Å². The van der Waals surface area contributed by atoms with E-state index in [0.717, 1.165) is 9.77 Å². The molecule has 0 spiro atoms. The molecule has 0 saturated heterocycles. The van der Waals surface area contributed by atoms with Gasteiger partial charge in [0.1, 0.15) is 12.3 Å². The normalized spacial score (nSPS) is 11.5. The lowest BCUT2D eigenvalue weighted by Gasteiger charge is -2.09. The van der Waals surface area contributed by atoms with Crippen LogP contribution in [0.3, 0.4) is 0 Å². The first kappa shape index (κ1) is 13.6. The summed E-state index contributed by atoms with van der Waals surface area (Å²) in [6.45, 7) is 2.43. The summed E-state index contributed by atoms with van der Waals surface area (Å²) in [5.41, 5.74) is 0.783. The van der Waals surface area contributed by atoms with Crippen LogP contribution in [0.5, 0.6) is 11.8 Å². The average molecular weight is 321 g/mol. The van der Waals surface area contributed by atoms with Crippen molar-refractivity contribution in [1.29, 1.82) is 0 Å². The Kier molecular flexibility index (Phi) is 3.54. The smallest absolute Gasteiger partial charge is 0.368 e. The summed E-state index contributed by atoms with van der Waals surface area (Å²) in [7, 11) is 3.33. The average Bonchev–Trinajstić information content (AvgIpc) is 3.19. The highest BCUT2D eigenvalue weighted by atomic mass is 16.5. The van der Waals surface area contributed by atoms with E-state index >= 15 is 0 Å². The topological polar surface area (TPSA) is 105 Å². The zero-order valence-corrected chi connectivity index (χ0v) is 13.0. The molecule has 0 aromatic carbocycles. The minimum atomic E-state index is -0.375. The highest BCUT2D eigenvalue weighted by Gasteiger charge is 2.21. The number of rotatable bonds is 6. The molecule has 0 radical (unpaired) electrons. The third kappa shape index (κ3) is 2.70. The van der Waals surface area contributed by atoms with Gasteiger partial charge in [-0.15, -0.1) is 5.10 Å². The highest BCUT2D eigenvalue weighted by Crippen LogP contribution is 2.27. The lowest BCUT2D eigenvalue weighted by Crippen LogP contribution is -2.22. The van der Waals surface area contributed by atoms with E-state index in [1.165, 1.54) is 17.9 Å². The van der Waals surface area contributed by atoms with Crippen molar-refractivity contribution < 1.29 is 10.9 Å². The highest BCUT2D eigenvalue weighted by molar-refractivity contribution is 5.47. The van der Waals surface area contributed by atoms with Crippen LogP contribution in [0.2, 0.25) is 1.41 Å². The summed E-state index contributed by atoms with van der Waals surface area (Å²) < 4.78 is 22.7. The third-order valence-electron chi connectivity index (χ3n) is 3.24. The van der Waals surface area contributed by atoms with Crippen molar-refractivity contribution in [3.8, 4) is 17.4 Å². The number of nitrogens with one attached hydrogen (secondary N) is 1. The van der Waals surface area contributed by atoms with Crippen LogP contribution in [0.15, 0.2) is 23.3 Å². The molecule has 0 saturated carbocycles. The molecule has 0 atom stereocenters. The second-order valence-corrected chi connectivity index (χ2v) is 4.80. The molecule has 10 heteroatoms. The van der Waals surface area contributed by atoms with E-state index in [1.807, 2.05) is 6.92 Å². The number of aromatic amines is 1. The molecule has 122 valence electrons. The molecule has 0 aliphatic carbocycles. The van der Waals surface area contributed by atoms with Gasteiger partial charge in [-0.1, -0.05) is 0 Å². The summed E-state index contributed by atoms with van der Waals surface area (Å²) in [6.07, 6.45) is 3.18. The predicted octanol–water partition coefficient (Wildman–Crippen LogP) is 0.00530. The van der Waals surface area contributed by atoms with Crippen LogP contribution in [0.4, 0.5) is 0 Å². The Hall–Kier alpha value is -3.04. The Bertz CT molecular complexity index is 907. The molecule has 0 amide bonds. The number of hydrogen-bond acceptors (Lipinski definition) is 6. The summed E-state index contributed by atoms with van der Waals surface area (Å²) in [5.74, 6) is 0.865. The fourth-order valence-corrected chi connectivity index (χ4v) is 2.19.